The molecule has 3 heteroatoms. The van der Waals surface area contributed by atoms with Crippen LogP contribution in [0.3, 0.4) is 0 Å². The molecule has 2 atom stereocenters. The average Bonchev–Trinajstić information content (AvgIpc) is 2.14. The quantitative estimate of drug-likeness (QED) is 0.777. The zero-order valence-electron chi connectivity index (χ0n) is 8.50. The fourth-order valence-electron chi connectivity index (χ4n) is 1.41. The Bertz CT molecular complexity index is 294. The van der Waals surface area contributed by atoms with Gasteiger partial charge in [0.1, 0.15) is 5.82 Å². The molecular weight excluding hydrogens is 181 g/mol. The van der Waals surface area contributed by atoms with E-state index in [2.05, 4.69) is 0 Å². The molecule has 0 aliphatic carbocycles. The highest BCUT2D eigenvalue weighted by atomic mass is 19.1. The highest BCUT2D eigenvalue weighted by Crippen LogP contribution is 2.19. The minimum atomic E-state index is -0.783. The van der Waals surface area contributed by atoms with Gasteiger partial charge >= 0.3 is 0 Å². The molecule has 0 saturated heterocycles. The van der Waals surface area contributed by atoms with Crippen molar-refractivity contribution in [3.8, 4) is 0 Å². The Morgan fingerprint density at radius 1 is 1.43 bits per heavy atom. The van der Waals surface area contributed by atoms with Crippen LogP contribution in [0, 0.1) is 12.7 Å². The predicted octanol–water partition coefficient (Wildman–Crippen LogP) is 1.90. The van der Waals surface area contributed by atoms with Gasteiger partial charge in [-0.05, 0) is 36.6 Å². The van der Waals surface area contributed by atoms with Gasteiger partial charge in [-0.3, -0.25) is 0 Å². The molecule has 0 amide bonds. The Morgan fingerprint density at radius 3 is 2.57 bits per heavy atom. The summed E-state index contributed by atoms with van der Waals surface area (Å²) < 4.78 is 13.0. The number of aliphatic hydroxyl groups excluding tert-OH is 1. The van der Waals surface area contributed by atoms with E-state index < -0.39 is 6.10 Å². The summed E-state index contributed by atoms with van der Waals surface area (Å²) in [5, 5.41) is 9.75. The Hall–Kier alpha value is -0.930. The van der Waals surface area contributed by atoms with Gasteiger partial charge in [-0.1, -0.05) is 13.0 Å². The fourth-order valence-corrected chi connectivity index (χ4v) is 1.41. The van der Waals surface area contributed by atoms with Gasteiger partial charge in [0.05, 0.1) is 6.10 Å². The van der Waals surface area contributed by atoms with Gasteiger partial charge in [0.2, 0.25) is 0 Å². The van der Waals surface area contributed by atoms with E-state index in [4.69, 9.17) is 5.73 Å². The highest BCUT2D eigenvalue weighted by Gasteiger charge is 2.15. The molecule has 0 radical (unpaired) electrons. The molecule has 0 aromatic heterocycles. The lowest BCUT2D eigenvalue weighted by molar-refractivity contribution is 0.144. The van der Waals surface area contributed by atoms with Crippen molar-refractivity contribution >= 4 is 0 Å². The summed E-state index contributed by atoms with van der Waals surface area (Å²) in [6.45, 7) is 3.68. The molecule has 1 rings (SSSR count). The summed E-state index contributed by atoms with van der Waals surface area (Å²) >= 11 is 0. The van der Waals surface area contributed by atoms with Crippen molar-refractivity contribution in [1.82, 2.24) is 0 Å². The number of aliphatic hydroxyl groups is 1. The number of benzene rings is 1. The molecule has 14 heavy (non-hydrogen) atoms. The molecular formula is C11H16FNO. The lowest BCUT2D eigenvalue weighted by Gasteiger charge is -2.17. The molecule has 0 saturated carbocycles. The van der Waals surface area contributed by atoms with Crippen LogP contribution in [0.15, 0.2) is 18.2 Å². The summed E-state index contributed by atoms with van der Waals surface area (Å²) in [5.74, 6) is -0.331. The fraction of sp³-hybridized carbons (Fsp3) is 0.455. The van der Waals surface area contributed by atoms with Crippen LogP contribution in [0.2, 0.25) is 0 Å². The molecule has 0 spiro atoms. The SMILES string of the molecule is CC[C@@H](N)C(O)c1cc(C)cc(F)c1. The maximum Gasteiger partial charge on any atom is 0.123 e. The van der Waals surface area contributed by atoms with Crippen molar-refractivity contribution < 1.29 is 9.50 Å². The summed E-state index contributed by atoms with van der Waals surface area (Å²) in [5.41, 5.74) is 7.02. The minimum Gasteiger partial charge on any atom is -0.387 e. The summed E-state index contributed by atoms with van der Waals surface area (Å²) in [6, 6.07) is 4.17. The molecule has 3 N–H and O–H groups in total. The van der Waals surface area contributed by atoms with Crippen molar-refractivity contribution in [2.24, 2.45) is 5.73 Å². The summed E-state index contributed by atoms with van der Waals surface area (Å²) in [4.78, 5) is 0. The van der Waals surface area contributed by atoms with Gasteiger partial charge in [-0.25, -0.2) is 4.39 Å². The largest absolute Gasteiger partial charge is 0.387 e. The summed E-state index contributed by atoms with van der Waals surface area (Å²) in [6.07, 6.45) is -0.120. The topological polar surface area (TPSA) is 46.2 Å². The number of halogens is 1. The molecule has 78 valence electrons. The minimum absolute atomic E-state index is 0.331. The Labute approximate surface area is 83.6 Å². The van der Waals surface area contributed by atoms with Crippen LogP contribution in [0.4, 0.5) is 4.39 Å². The number of hydrogen-bond donors (Lipinski definition) is 2. The molecule has 0 aliphatic rings. The van der Waals surface area contributed by atoms with Crippen LogP contribution in [0.1, 0.15) is 30.6 Å². The number of rotatable bonds is 3. The van der Waals surface area contributed by atoms with Crippen LogP contribution in [0.25, 0.3) is 0 Å². The first-order chi connectivity index (χ1) is 6.54. The first-order valence-electron chi connectivity index (χ1n) is 4.75. The standard InChI is InChI=1S/C11H16FNO/c1-3-10(13)11(14)8-4-7(2)5-9(12)6-8/h4-6,10-11,14H,3,13H2,1-2H3/t10-,11?/m1/s1. The van der Waals surface area contributed by atoms with Gasteiger partial charge in [-0.2, -0.15) is 0 Å². The van der Waals surface area contributed by atoms with Gasteiger partial charge < -0.3 is 10.8 Å². The van der Waals surface area contributed by atoms with E-state index >= 15 is 0 Å². The maximum absolute atomic E-state index is 13.0. The van der Waals surface area contributed by atoms with Crippen molar-refractivity contribution in [2.45, 2.75) is 32.4 Å². The molecule has 0 aliphatic heterocycles. The molecule has 2 nitrogen and oxygen atoms in total. The van der Waals surface area contributed by atoms with E-state index in [-0.39, 0.29) is 11.9 Å². The molecule has 1 aromatic carbocycles. The first kappa shape index (κ1) is 11.1. The molecule has 1 aromatic rings. The second-order valence-electron chi connectivity index (χ2n) is 3.58. The molecule has 0 fully saturated rings. The van der Waals surface area contributed by atoms with Crippen molar-refractivity contribution in [3.05, 3.63) is 35.1 Å². The molecule has 0 heterocycles. The lowest BCUT2D eigenvalue weighted by Crippen LogP contribution is -2.27. The lowest BCUT2D eigenvalue weighted by atomic mass is 9.99. The van der Waals surface area contributed by atoms with Gasteiger partial charge in [0.15, 0.2) is 0 Å². The Kier molecular flexibility index (Phi) is 3.61. The van der Waals surface area contributed by atoms with Crippen molar-refractivity contribution in [2.75, 3.05) is 0 Å². The van der Waals surface area contributed by atoms with E-state index in [0.717, 1.165) is 5.56 Å². The summed E-state index contributed by atoms with van der Waals surface area (Å²) in [7, 11) is 0. The Balaban J connectivity index is 2.94. The predicted molar refractivity (Wildman–Crippen MR) is 54.4 cm³/mol. The third-order valence-electron chi connectivity index (χ3n) is 2.28. The zero-order chi connectivity index (χ0) is 10.7. The number of hydrogen-bond acceptors (Lipinski definition) is 2. The Morgan fingerprint density at radius 2 is 2.07 bits per heavy atom. The van der Waals surface area contributed by atoms with Crippen molar-refractivity contribution in [1.29, 1.82) is 0 Å². The molecule has 0 bridgehead atoms. The van der Waals surface area contributed by atoms with Crippen molar-refractivity contribution in [3.63, 3.8) is 0 Å². The molecule has 1 unspecified atom stereocenters. The average molecular weight is 197 g/mol. The first-order valence-corrected chi connectivity index (χ1v) is 4.75. The number of aryl methyl sites for hydroxylation is 1. The van der Waals surface area contributed by atoms with Crippen LogP contribution < -0.4 is 5.73 Å². The van der Waals surface area contributed by atoms with E-state index in [9.17, 15) is 9.50 Å². The normalized spacial score (nSPS) is 15.2. The smallest absolute Gasteiger partial charge is 0.123 e. The van der Waals surface area contributed by atoms with E-state index in [1.54, 1.807) is 13.0 Å². The highest BCUT2D eigenvalue weighted by molar-refractivity contribution is 5.26. The van der Waals surface area contributed by atoms with Gasteiger partial charge in [-0.15, -0.1) is 0 Å². The third-order valence-corrected chi connectivity index (χ3v) is 2.28. The zero-order valence-corrected chi connectivity index (χ0v) is 8.50. The second kappa shape index (κ2) is 4.53. The van der Waals surface area contributed by atoms with Gasteiger partial charge in [0, 0.05) is 6.04 Å². The van der Waals surface area contributed by atoms with E-state index in [1.165, 1.54) is 12.1 Å². The van der Waals surface area contributed by atoms with Crippen LogP contribution in [0.5, 0.6) is 0 Å². The van der Waals surface area contributed by atoms with Gasteiger partial charge in [0.25, 0.3) is 0 Å². The third kappa shape index (κ3) is 2.53. The maximum atomic E-state index is 13.0. The monoisotopic (exact) mass is 197 g/mol. The van der Waals surface area contributed by atoms with E-state index in [0.29, 0.717) is 12.0 Å². The second-order valence-corrected chi connectivity index (χ2v) is 3.58. The van der Waals surface area contributed by atoms with Crippen LogP contribution in [-0.2, 0) is 0 Å². The van der Waals surface area contributed by atoms with Crippen LogP contribution >= 0.6 is 0 Å². The number of nitrogens with two attached hydrogens (primary N) is 1. The van der Waals surface area contributed by atoms with Crippen LogP contribution in [-0.4, -0.2) is 11.1 Å². The van der Waals surface area contributed by atoms with E-state index in [1.807, 2.05) is 6.92 Å².